The zero-order chi connectivity index (χ0) is 31.2. The lowest BCUT2D eigenvalue weighted by Crippen LogP contribution is -2.40. The number of fused-ring (bicyclic) bond motifs is 3. The van der Waals surface area contributed by atoms with Crippen molar-refractivity contribution in [1.29, 1.82) is 0 Å². The van der Waals surface area contributed by atoms with E-state index in [0.29, 0.717) is 0 Å². The topological polar surface area (TPSA) is 200 Å². The molecule has 220 valence electrons. The summed E-state index contributed by atoms with van der Waals surface area (Å²) in [6.07, 6.45) is -1.51. The second kappa shape index (κ2) is 9.28. The third kappa shape index (κ3) is 3.57. The highest BCUT2D eigenvalue weighted by atomic mass is 16.5. The van der Waals surface area contributed by atoms with Crippen molar-refractivity contribution in [3.63, 3.8) is 0 Å². The number of aromatic hydroxyl groups is 3. The molecule has 43 heavy (non-hydrogen) atoms. The standard InChI is InChI=1S/C30H22O13/c1-8-5-10-15(29(38)42-8)23(33)14-12(21(10)31)7-13(40-3)17(24(14)34)20-26(36)19-18(27(37)28(20)41-4)22(32)11-6-9(2)43-30(39)16(11)25(19)35/h7-9,31,33-34H,5-6H2,1-4H3/t8-,9-/m0/s1. The summed E-state index contributed by atoms with van der Waals surface area (Å²) in [7, 11) is 2.17. The van der Waals surface area contributed by atoms with Gasteiger partial charge in [-0.05, 0) is 19.9 Å². The zero-order valence-electron chi connectivity index (χ0n) is 23.1. The van der Waals surface area contributed by atoms with Crippen LogP contribution in [0.5, 0.6) is 28.7 Å². The van der Waals surface area contributed by atoms with E-state index in [1.54, 1.807) is 6.92 Å². The van der Waals surface area contributed by atoms with Gasteiger partial charge in [0.15, 0.2) is 11.2 Å². The molecule has 0 amide bonds. The number of benzene rings is 2. The van der Waals surface area contributed by atoms with E-state index in [2.05, 4.69) is 0 Å². The summed E-state index contributed by atoms with van der Waals surface area (Å²) in [5.74, 6) is -5.32. The Morgan fingerprint density at radius 3 is 1.79 bits per heavy atom. The molecule has 2 aliphatic heterocycles. The van der Waals surface area contributed by atoms with Gasteiger partial charge in [0.05, 0.1) is 41.2 Å². The first-order valence-electron chi connectivity index (χ1n) is 13.0. The quantitative estimate of drug-likeness (QED) is 0.225. The molecule has 2 aliphatic carbocycles. The predicted octanol–water partition coefficient (Wildman–Crippen LogP) is 0.885. The highest BCUT2D eigenvalue weighted by molar-refractivity contribution is 6.11. The van der Waals surface area contributed by atoms with Crippen LogP contribution >= 0.6 is 0 Å². The van der Waals surface area contributed by atoms with Crippen LogP contribution < -0.4 is 31.2 Å². The number of methoxy groups -OCH3 is 2. The zero-order valence-corrected chi connectivity index (χ0v) is 23.1. The first kappa shape index (κ1) is 27.7. The van der Waals surface area contributed by atoms with E-state index >= 15 is 0 Å². The average Bonchev–Trinajstić information content (AvgIpc) is 2.94. The second-order valence-electron chi connectivity index (χ2n) is 10.4. The fraction of sp³-hybridized carbons (Fsp3) is 0.267. The van der Waals surface area contributed by atoms with Crippen LogP contribution in [0.2, 0.25) is 0 Å². The van der Waals surface area contributed by atoms with Crippen LogP contribution in [-0.4, -0.2) is 53.7 Å². The van der Waals surface area contributed by atoms with Gasteiger partial charge in [-0.2, -0.15) is 0 Å². The summed E-state index contributed by atoms with van der Waals surface area (Å²) in [4.78, 5) is 80.0. The number of rotatable bonds is 3. The van der Waals surface area contributed by atoms with E-state index in [0.717, 1.165) is 20.3 Å². The predicted molar refractivity (Wildman–Crippen MR) is 147 cm³/mol. The number of carbonyl (C=O) groups excluding carboxylic acids is 2. The Morgan fingerprint density at radius 2 is 1.19 bits per heavy atom. The molecule has 0 spiro atoms. The highest BCUT2D eigenvalue weighted by Crippen LogP contribution is 2.52. The van der Waals surface area contributed by atoms with Crippen LogP contribution in [0, 0.1) is 10.4 Å². The molecule has 2 atom stereocenters. The van der Waals surface area contributed by atoms with Crippen molar-refractivity contribution in [1.82, 2.24) is 0 Å². The van der Waals surface area contributed by atoms with Crippen LogP contribution in [0.3, 0.4) is 0 Å². The number of esters is 2. The van der Waals surface area contributed by atoms with Gasteiger partial charge in [-0.25, -0.2) is 9.59 Å². The first-order valence-corrected chi connectivity index (χ1v) is 13.0. The Hall–Kier alpha value is -5.46. The molecule has 13 nitrogen and oxygen atoms in total. The number of cyclic esters (lactones) is 2. The van der Waals surface area contributed by atoms with Crippen molar-refractivity contribution in [2.45, 2.75) is 38.9 Å². The van der Waals surface area contributed by atoms with E-state index in [4.69, 9.17) is 18.9 Å². The lowest BCUT2D eigenvalue weighted by atomic mass is 9.88. The molecule has 0 unspecified atom stereocenters. The smallest absolute Gasteiger partial charge is 0.342 e. The van der Waals surface area contributed by atoms with Gasteiger partial charge >= 0.3 is 11.9 Å². The third-order valence-electron chi connectivity index (χ3n) is 7.88. The van der Waals surface area contributed by atoms with Gasteiger partial charge in [0.1, 0.15) is 46.3 Å². The summed E-state index contributed by atoms with van der Waals surface area (Å²) in [5.41, 5.74) is -7.20. The molecule has 2 heterocycles. The fourth-order valence-electron chi connectivity index (χ4n) is 6.06. The van der Waals surface area contributed by atoms with Crippen molar-refractivity contribution < 1.29 is 43.9 Å². The summed E-state index contributed by atoms with van der Waals surface area (Å²) >= 11 is 0. The molecule has 0 saturated carbocycles. The summed E-state index contributed by atoms with van der Waals surface area (Å²) in [5, 5.41) is 31.4. The van der Waals surface area contributed by atoms with Crippen LogP contribution in [0.1, 0.15) is 45.7 Å². The highest BCUT2D eigenvalue weighted by Gasteiger charge is 2.36. The average molecular weight is 590 g/mol. The monoisotopic (exact) mass is 590 g/mol. The molecular weight excluding hydrogens is 568 g/mol. The minimum absolute atomic E-state index is 0.0410. The Bertz CT molecular complexity index is 2240. The summed E-state index contributed by atoms with van der Waals surface area (Å²) < 4.78 is 20.9. The van der Waals surface area contributed by atoms with Gasteiger partial charge in [-0.3, -0.25) is 19.2 Å². The van der Waals surface area contributed by atoms with E-state index in [1.807, 2.05) is 0 Å². The van der Waals surface area contributed by atoms with E-state index in [9.17, 15) is 44.1 Å². The van der Waals surface area contributed by atoms with Gasteiger partial charge in [-0.15, -0.1) is 0 Å². The lowest BCUT2D eigenvalue weighted by molar-refractivity contribution is 0.0285. The Balaban J connectivity index is 1.83. The number of carbonyl (C=O) groups is 2. The van der Waals surface area contributed by atoms with Crippen LogP contribution in [0.25, 0.3) is 21.9 Å². The van der Waals surface area contributed by atoms with Crippen LogP contribution in [-0.2, 0) is 22.3 Å². The minimum atomic E-state index is -1.26. The number of hydrogen-bond donors (Lipinski definition) is 3. The summed E-state index contributed by atoms with van der Waals surface area (Å²) in [6, 6.07) is 1.15. The first-order chi connectivity index (χ1) is 20.3. The Kier molecular flexibility index (Phi) is 5.97. The minimum Gasteiger partial charge on any atom is -0.507 e. The SMILES string of the molecule is COc1cc2c(O)c3c(c(O)c2c(O)c1-c1c(OC)c(=O)c2c(=O)c4c(c(=O)c=2c1=O)C(=O)O[C@@H](C)C4)C(=O)O[C@@H](C)C3. The maximum atomic E-state index is 14.1. The van der Waals surface area contributed by atoms with Crippen LogP contribution in [0.15, 0.2) is 25.2 Å². The van der Waals surface area contributed by atoms with E-state index < -0.39 is 107 Å². The largest absolute Gasteiger partial charge is 0.507 e. The number of phenols is 3. The van der Waals surface area contributed by atoms with E-state index in [1.165, 1.54) is 6.92 Å². The van der Waals surface area contributed by atoms with Gasteiger partial charge in [0.2, 0.25) is 16.3 Å². The van der Waals surface area contributed by atoms with Gasteiger partial charge in [0.25, 0.3) is 0 Å². The molecule has 4 aliphatic rings. The number of ether oxygens (including phenoxy) is 4. The number of phenolic OH excluding ortho intramolecular Hbond substituents is 3. The molecule has 6 rings (SSSR count). The third-order valence-corrected chi connectivity index (χ3v) is 7.88. The molecule has 3 N–H and O–H groups in total. The molecule has 0 saturated heterocycles. The maximum absolute atomic E-state index is 14.1. The molecule has 0 radical (unpaired) electrons. The van der Waals surface area contributed by atoms with Crippen molar-refractivity contribution in [3.05, 3.63) is 79.7 Å². The molecule has 0 fully saturated rings. The lowest BCUT2D eigenvalue weighted by Gasteiger charge is -2.25. The fourth-order valence-corrected chi connectivity index (χ4v) is 6.06. The number of hydrogen-bond acceptors (Lipinski definition) is 13. The maximum Gasteiger partial charge on any atom is 0.342 e. The molecular formula is C30H22O13. The van der Waals surface area contributed by atoms with Crippen molar-refractivity contribution in [3.8, 4) is 39.9 Å². The molecule has 2 aromatic carbocycles. The van der Waals surface area contributed by atoms with E-state index in [-0.39, 0.29) is 35.1 Å². The van der Waals surface area contributed by atoms with Crippen molar-refractivity contribution in [2.24, 2.45) is 0 Å². The van der Waals surface area contributed by atoms with Crippen molar-refractivity contribution in [2.75, 3.05) is 14.2 Å². The Morgan fingerprint density at radius 1 is 0.651 bits per heavy atom. The van der Waals surface area contributed by atoms with Gasteiger partial charge < -0.3 is 34.3 Å². The summed E-state index contributed by atoms with van der Waals surface area (Å²) in [6.45, 7) is 3.08. The molecule has 13 heteroatoms. The molecule has 0 aromatic heterocycles. The van der Waals surface area contributed by atoms with Crippen molar-refractivity contribution >= 4 is 22.7 Å². The molecule has 2 aromatic rings. The molecule has 0 bridgehead atoms. The second-order valence-corrected chi connectivity index (χ2v) is 10.4. The Labute approximate surface area is 239 Å². The van der Waals surface area contributed by atoms with Crippen LogP contribution in [0.4, 0.5) is 0 Å². The van der Waals surface area contributed by atoms with Gasteiger partial charge in [0, 0.05) is 29.4 Å². The normalized spacial score (nSPS) is 17.8. The van der Waals surface area contributed by atoms with Gasteiger partial charge in [-0.1, -0.05) is 0 Å².